The summed E-state index contributed by atoms with van der Waals surface area (Å²) in [6, 6.07) is 10.5. The predicted molar refractivity (Wildman–Crippen MR) is 86.5 cm³/mol. The van der Waals surface area contributed by atoms with Crippen LogP contribution in [0.4, 0.5) is 0 Å². The van der Waals surface area contributed by atoms with E-state index in [9.17, 15) is 0 Å². The van der Waals surface area contributed by atoms with Crippen molar-refractivity contribution in [2.45, 2.75) is 11.2 Å². The summed E-state index contributed by atoms with van der Waals surface area (Å²) in [4.78, 5) is 4.36. The first kappa shape index (κ1) is 13.5. The number of hydrogen-bond acceptors (Lipinski definition) is 1. The van der Waals surface area contributed by atoms with Crippen molar-refractivity contribution < 1.29 is 0 Å². The Labute approximate surface area is 131 Å². The Balaban J connectivity index is 2.20. The van der Waals surface area contributed by atoms with Crippen LogP contribution in [0.3, 0.4) is 0 Å². The van der Waals surface area contributed by atoms with Gasteiger partial charge in [-0.05, 0) is 70.5 Å². The molecule has 0 saturated heterocycles. The highest BCUT2D eigenvalue weighted by molar-refractivity contribution is 14.1. The molecule has 1 atom stereocenters. The maximum absolute atomic E-state index is 4.03. The van der Waals surface area contributed by atoms with Gasteiger partial charge in [-0.15, -0.1) is 0 Å². The number of hydrogen-bond donors (Lipinski definition) is 0. The Bertz CT molecular complexity index is 502. The van der Waals surface area contributed by atoms with E-state index in [1.165, 1.54) is 14.7 Å². The summed E-state index contributed by atoms with van der Waals surface area (Å²) in [6.45, 7) is 0. The molecule has 2 rings (SSSR count). The van der Waals surface area contributed by atoms with Crippen LogP contribution < -0.4 is 0 Å². The van der Waals surface area contributed by atoms with Gasteiger partial charge < -0.3 is 0 Å². The summed E-state index contributed by atoms with van der Waals surface area (Å²) in [5.41, 5.74) is 2.61. The summed E-state index contributed by atoms with van der Waals surface area (Å²) in [5.74, 6) is 0. The molecule has 0 N–H and O–H groups in total. The van der Waals surface area contributed by atoms with E-state index in [4.69, 9.17) is 0 Å². The van der Waals surface area contributed by atoms with Crippen LogP contribution in [0.15, 0.2) is 47.2 Å². The van der Waals surface area contributed by atoms with E-state index in [0.717, 1.165) is 10.9 Å². The average Bonchev–Trinajstić information content (AvgIpc) is 2.33. The van der Waals surface area contributed by atoms with Gasteiger partial charge in [0.2, 0.25) is 0 Å². The zero-order valence-corrected chi connectivity index (χ0v) is 14.2. The van der Waals surface area contributed by atoms with E-state index >= 15 is 0 Å². The topological polar surface area (TPSA) is 12.9 Å². The van der Waals surface area contributed by atoms with Crippen LogP contribution in [0.2, 0.25) is 0 Å². The van der Waals surface area contributed by atoms with Crippen molar-refractivity contribution in [1.82, 2.24) is 4.98 Å². The van der Waals surface area contributed by atoms with Gasteiger partial charge >= 0.3 is 0 Å². The van der Waals surface area contributed by atoms with Gasteiger partial charge in [0.15, 0.2) is 0 Å². The number of alkyl halides is 1. The third kappa shape index (κ3) is 3.76. The van der Waals surface area contributed by atoms with Crippen LogP contribution >= 0.6 is 54.5 Å². The minimum absolute atomic E-state index is 0.328. The van der Waals surface area contributed by atoms with Gasteiger partial charge in [0.05, 0.1) is 0 Å². The van der Waals surface area contributed by atoms with Gasteiger partial charge in [-0.2, -0.15) is 0 Å². The van der Waals surface area contributed by atoms with Crippen molar-refractivity contribution in [2.75, 3.05) is 0 Å². The van der Waals surface area contributed by atoms with Gasteiger partial charge in [-0.1, -0.05) is 31.9 Å². The molecule has 0 aliphatic carbocycles. The number of nitrogens with zero attached hydrogens (tertiary/aromatic N) is 1. The molecule has 17 heavy (non-hydrogen) atoms. The predicted octanol–water partition coefficient (Wildman–Crippen LogP) is 5.13. The van der Waals surface area contributed by atoms with Crippen molar-refractivity contribution in [3.05, 3.63) is 61.9 Å². The highest BCUT2D eigenvalue weighted by Gasteiger charge is 2.12. The minimum Gasteiger partial charge on any atom is -0.265 e. The van der Waals surface area contributed by atoms with Gasteiger partial charge in [0.1, 0.15) is 0 Å². The van der Waals surface area contributed by atoms with Crippen LogP contribution in [-0.4, -0.2) is 4.98 Å². The SMILES string of the molecule is Brc1ccc(I)c(C(Br)Cc2ccncc2)c1. The van der Waals surface area contributed by atoms with E-state index in [1.807, 2.05) is 12.4 Å². The molecule has 1 heterocycles. The fraction of sp³-hybridized carbons (Fsp3) is 0.154. The number of rotatable bonds is 3. The Hall–Kier alpha value is 0.0600. The van der Waals surface area contributed by atoms with E-state index in [2.05, 4.69) is 89.8 Å². The first-order valence-corrected chi connectivity index (χ1v) is 7.93. The Morgan fingerprint density at radius 3 is 2.59 bits per heavy atom. The van der Waals surface area contributed by atoms with E-state index in [1.54, 1.807) is 0 Å². The second-order valence-electron chi connectivity index (χ2n) is 3.69. The highest BCUT2D eigenvalue weighted by Crippen LogP contribution is 2.32. The van der Waals surface area contributed by atoms with Crippen molar-refractivity contribution in [1.29, 1.82) is 0 Å². The number of benzene rings is 1. The van der Waals surface area contributed by atoms with Crippen LogP contribution in [0.5, 0.6) is 0 Å². The lowest BCUT2D eigenvalue weighted by Crippen LogP contribution is -1.98. The monoisotopic (exact) mass is 465 g/mol. The van der Waals surface area contributed by atoms with E-state index in [0.29, 0.717) is 4.83 Å². The molecule has 0 aliphatic rings. The molecular weight excluding hydrogens is 457 g/mol. The molecule has 1 unspecified atom stereocenters. The Morgan fingerprint density at radius 2 is 1.88 bits per heavy atom. The molecular formula is C13H10Br2IN. The number of pyridine rings is 1. The molecule has 0 aliphatic heterocycles. The van der Waals surface area contributed by atoms with Crippen molar-refractivity contribution in [3.63, 3.8) is 0 Å². The second-order valence-corrected chi connectivity index (χ2v) is 6.88. The summed E-state index contributed by atoms with van der Waals surface area (Å²) in [7, 11) is 0. The Kier molecular flexibility index (Phi) is 4.99. The summed E-state index contributed by atoms with van der Waals surface area (Å²) >= 11 is 9.65. The molecule has 0 amide bonds. The maximum atomic E-state index is 4.03. The van der Waals surface area contributed by atoms with Crippen molar-refractivity contribution in [3.8, 4) is 0 Å². The minimum atomic E-state index is 0.328. The van der Waals surface area contributed by atoms with Gasteiger partial charge in [-0.25, -0.2) is 0 Å². The molecule has 1 aromatic heterocycles. The fourth-order valence-corrected chi connectivity index (χ4v) is 3.86. The maximum Gasteiger partial charge on any atom is 0.0446 e. The second kappa shape index (κ2) is 6.29. The zero-order chi connectivity index (χ0) is 12.3. The number of halogens is 3. The summed E-state index contributed by atoms with van der Waals surface area (Å²) in [6.07, 6.45) is 4.64. The van der Waals surface area contributed by atoms with Crippen LogP contribution in [0.1, 0.15) is 16.0 Å². The lowest BCUT2D eigenvalue weighted by molar-refractivity contribution is 0.937. The summed E-state index contributed by atoms with van der Waals surface area (Å²) < 4.78 is 2.40. The average molecular weight is 467 g/mol. The quantitative estimate of drug-likeness (QED) is 0.451. The normalized spacial score (nSPS) is 12.4. The van der Waals surface area contributed by atoms with Crippen molar-refractivity contribution in [2.24, 2.45) is 0 Å². The lowest BCUT2D eigenvalue weighted by Gasteiger charge is -2.12. The largest absolute Gasteiger partial charge is 0.265 e. The number of aromatic nitrogens is 1. The first-order valence-electron chi connectivity index (χ1n) is 5.15. The molecule has 0 radical (unpaired) electrons. The van der Waals surface area contributed by atoms with Gasteiger partial charge in [0, 0.05) is 25.3 Å². The van der Waals surface area contributed by atoms with Crippen molar-refractivity contribution >= 4 is 54.5 Å². The molecule has 0 spiro atoms. The molecule has 4 heteroatoms. The third-order valence-corrected chi connectivity index (χ3v) is 4.75. The Morgan fingerprint density at radius 1 is 1.18 bits per heavy atom. The van der Waals surface area contributed by atoms with Gasteiger partial charge in [0.25, 0.3) is 0 Å². The third-order valence-electron chi connectivity index (χ3n) is 2.46. The van der Waals surface area contributed by atoms with Crippen LogP contribution in [-0.2, 0) is 6.42 Å². The molecule has 88 valence electrons. The standard InChI is InChI=1S/C13H10Br2IN/c14-10-1-2-13(16)11(8-10)12(15)7-9-3-5-17-6-4-9/h1-6,8,12H,7H2. The molecule has 2 aromatic rings. The molecule has 0 fully saturated rings. The first-order chi connectivity index (χ1) is 8.16. The smallest absolute Gasteiger partial charge is 0.0446 e. The molecule has 1 nitrogen and oxygen atoms in total. The van der Waals surface area contributed by atoms with Gasteiger partial charge in [-0.3, -0.25) is 4.98 Å². The van der Waals surface area contributed by atoms with E-state index in [-0.39, 0.29) is 0 Å². The lowest BCUT2D eigenvalue weighted by atomic mass is 10.1. The van der Waals surface area contributed by atoms with Crippen LogP contribution in [0.25, 0.3) is 0 Å². The molecule has 0 bridgehead atoms. The molecule has 0 saturated carbocycles. The summed E-state index contributed by atoms with van der Waals surface area (Å²) in [5, 5.41) is 0. The fourth-order valence-electron chi connectivity index (χ4n) is 1.59. The van der Waals surface area contributed by atoms with E-state index < -0.39 is 0 Å². The van der Waals surface area contributed by atoms with Crippen LogP contribution in [0, 0.1) is 3.57 Å². The highest BCUT2D eigenvalue weighted by atomic mass is 127. The zero-order valence-electron chi connectivity index (χ0n) is 8.91. The molecule has 1 aromatic carbocycles.